The Morgan fingerprint density at radius 1 is 0.288 bits per heavy atom. The Bertz CT molecular complexity index is 3530. The molecular formula is C48H15F20N5. The number of halogens is 20. The highest BCUT2D eigenvalue weighted by molar-refractivity contribution is 6.31. The highest BCUT2D eigenvalue weighted by Gasteiger charge is 2.36. The lowest BCUT2D eigenvalue weighted by Gasteiger charge is -2.14. The fourth-order valence-corrected chi connectivity index (χ4v) is 7.84. The normalized spacial score (nSPS) is 15.7. The van der Waals surface area contributed by atoms with Gasteiger partial charge in [0.2, 0.25) is 23.3 Å². The van der Waals surface area contributed by atoms with Crippen molar-refractivity contribution in [1.29, 1.82) is 0 Å². The van der Waals surface area contributed by atoms with Gasteiger partial charge >= 0.3 is 0 Å². The molecule has 2 aliphatic rings. The van der Waals surface area contributed by atoms with Crippen LogP contribution in [0.15, 0.2) is 94.5 Å². The quantitative estimate of drug-likeness (QED) is 0.0771. The Hall–Kier alpha value is -8.64. The Labute approximate surface area is 391 Å². The van der Waals surface area contributed by atoms with Gasteiger partial charge in [-0.1, -0.05) is 0 Å². The molecule has 73 heavy (non-hydrogen) atoms. The summed E-state index contributed by atoms with van der Waals surface area (Å²) in [6.07, 6.45) is 4.94. The number of aliphatic imine (C=N–C) groups is 2. The van der Waals surface area contributed by atoms with E-state index in [0.717, 1.165) is 24.5 Å². The standard InChI is InChI=1S/C48H15F20N5/c49-29-25(30(50)38(58)45(65)37(29)57)21(13-3-1-11-69-13)15-5-7-17(71-15)23(27-33(53)41(61)47(67)42(62)34(27)54)19-9-10-20(73-19)24(28-35(55)43(63)48(68)44(64)36(28)56)18-8-6-16(72-18)22(14-4-2-12-70-14)26-31(51)39(59)46(66)40(60)32(26)52/h1-12,69-70,73H/b21-15+,22-16+,23-19+,24-20+. The molecule has 0 amide bonds. The average molecular weight is 1040 g/mol. The van der Waals surface area contributed by atoms with Crippen LogP contribution in [0.1, 0.15) is 33.6 Å². The van der Waals surface area contributed by atoms with Crippen molar-refractivity contribution < 1.29 is 87.8 Å². The molecule has 5 heterocycles. The largest absolute Gasteiger partial charge is 0.361 e. The van der Waals surface area contributed by atoms with E-state index >= 15 is 52.7 Å². The number of allylic oxidation sites excluding steroid dienone is 4. The zero-order valence-electron chi connectivity index (χ0n) is 34.9. The van der Waals surface area contributed by atoms with E-state index in [1.54, 1.807) is 0 Å². The van der Waals surface area contributed by atoms with Crippen LogP contribution < -0.4 is 10.7 Å². The van der Waals surface area contributed by atoms with Gasteiger partial charge in [-0.3, -0.25) is 0 Å². The molecule has 0 radical (unpaired) electrons. The third-order valence-corrected chi connectivity index (χ3v) is 11.1. The monoisotopic (exact) mass is 1040 g/mol. The molecule has 4 aromatic carbocycles. The molecule has 3 aromatic heterocycles. The van der Waals surface area contributed by atoms with Gasteiger partial charge in [0.05, 0.1) is 45.1 Å². The first-order valence-corrected chi connectivity index (χ1v) is 19.9. The van der Waals surface area contributed by atoms with Crippen LogP contribution in [-0.4, -0.2) is 26.4 Å². The second-order valence-electron chi connectivity index (χ2n) is 15.2. The number of hydrogen-bond donors (Lipinski definition) is 3. The number of hydrogen-bond acceptors (Lipinski definition) is 2. The van der Waals surface area contributed by atoms with Crippen LogP contribution in [0.4, 0.5) is 87.8 Å². The van der Waals surface area contributed by atoms with Crippen LogP contribution in [0, 0.1) is 116 Å². The van der Waals surface area contributed by atoms with E-state index in [9.17, 15) is 35.1 Å². The molecule has 25 heteroatoms. The minimum absolute atomic E-state index is 0.451. The molecule has 2 aliphatic heterocycles. The van der Waals surface area contributed by atoms with Gasteiger partial charge in [-0.05, 0) is 60.7 Å². The average Bonchev–Trinajstić information content (AvgIpc) is 4.26. The molecule has 372 valence electrons. The van der Waals surface area contributed by atoms with Crippen LogP contribution in [0.3, 0.4) is 0 Å². The van der Waals surface area contributed by atoms with Gasteiger partial charge in [0.1, 0.15) is 0 Å². The van der Waals surface area contributed by atoms with Gasteiger partial charge in [0.15, 0.2) is 93.1 Å². The van der Waals surface area contributed by atoms with E-state index in [4.69, 9.17) is 0 Å². The summed E-state index contributed by atoms with van der Waals surface area (Å²) in [5.74, 6) is -51.2. The van der Waals surface area contributed by atoms with Crippen molar-refractivity contribution in [3.63, 3.8) is 0 Å². The van der Waals surface area contributed by atoms with E-state index in [1.165, 1.54) is 12.1 Å². The van der Waals surface area contributed by atoms with Gasteiger partial charge in [-0.15, -0.1) is 0 Å². The van der Waals surface area contributed by atoms with E-state index in [-0.39, 0.29) is 0 Å². The highest BCUT2D eigenvalue weighted by atomic mass is 19.2. The van der Waals surface area contributed by atoms with Crippen molar-refractivity contribution in [2.24, 2.45) is 9.98 Å². The SMILES string of the molecule is Fc1c(F)c(F)c(/C(=C2\C=CC(C(/c3c(F)c(F)c(F)c(F)c3F)=c3/cc/c(=C(C4=N/C(=C(\c5ccc[nH]5)c5c(F)c(F)c(F)c(F)c5F)C=C4)\c4c(F)c(F)c(F)c(F)c4F)[nH]3)=N2)c2ccc[nH]2)c(F)c1F. The van der Waals surface area contributed by atoms with E-state index in [1.807, 2.05) is 0 Å². The summed E-state index contributed by atoms with van der Waals surface area (Å²) >= 11 is 0. The predicted molar refractivity (Wildman–Crippen MR) is 217 cm³/mol. The van der Waals surface area contributed by atoms with Gasteiger partial charge < -0.3 is 15.0 Å². The lowest BCUT2D eigenvalue weighted by atomic mass is 9.98. The van der Waals surface area contributed by atoms with E-state index < -0.39 is 206 Å². The molecule has 0 saturated carbocycles. The summed E-state index contributed by atoms with van der Waals surface area (Å²) in [7, 11) is 0. The van der Waals surface area contributed by atoms with Crippen molar-refractivity contribution in [1.82, 2.24) is 15.0 Å². The van der Waals surface area contributed by atoms with Gasteiger partial charge in [-0.25, -0.2) is 97.8 Å². The molecule has 0 aliphatic carbocycles. The van der Waals surface area contributed by atoms with Crippen LogP contribution in [0.2, 0.25) is 0 Å². The molecule has 9 rings (SSSR count). The second-order valence-corrected chi connectivity index (χ2v) is 15.2. The minimum Gasteiger partial charge on any atom is -0.361 e. The Kier molecular flexibility index (Phi) is 12.3. The number of nitrogens with one attached hydrogen (secondary N) is 3. The number of aromatic amines is 3. The predicted octanol–water partition coefficient (Wildman–Crippen LogP) is 11.8. The lowest BCUT2D eigenvalue weighted by molar-refractivity contribution is 0.376. The van der Waals surface area contributed by atoms with Crippen molar-refractivity contribution in [3.8, 4) is 0 Å². The van der Waals surface area contributed by atoms with Gasteiger partial charge in [0.25, 0.3) is 0 Å². The number of nitrogens with zero attached hydrogens (tertiary/aromatic N) is 2. The maximum Gasteiger partial charge on any atom is 0.200 e. The summed E-state index contributed by atoms with van der Waals surface area (Å²) < 4.78 is 301. The zero-order chi connectivity index (χ0) is 52.8. The van der Waals surface area contributed by atoms with Crippen LogP contribution in [0.5, 0.6) is 0 Å². The third kappa shape index (κ3) is 7.67. The number of rotatable bonds is 8. The van der Waals surface area contributed by atoms with Gasteiger partial charge in [-0.2, -0.15) is 0 Å². The maximum atomic E-state index is 15.9. The summed E-state index contributed by atoms with van der Waals surface area (Å²) in [5.41, 5.74) is -16.1. The third-order valence-electron chi connectivity index (χ3n) is 11.1. The molecule has 0 bridgehead atoms. The minimum atomic E-state index is -2.73. The Balaban J connectivity index is 1.41. The smallest absolute Gasteiger partial charge is 0.200 e. The van der Waals surface area contributed by atoms with Crippen molar-refractivity contribution >= 4 is 33.7 Å². The fraction of sp³-hybridized carbons (Fsp3) is 0. The van der Waals surface area contributed by atoms with Crippen molar-refractivity contribution in [2.45, 2.75) is 0 Å². The van der Waals surface area contributed by atoms with E-state index in [2.05, 4.69) is 24.9 Å². The summed E-state index contributed by atoms with van der Waals surface area (Å²) in [6.45, 7) is 0. The zero-order valence-corrected chi connectivity index (χ0v) is 34.9. The highest BCUT2D eigenvalue weighted by Crippen LogP contribution is 2.40. The fourth-order valence-electron chi connectivity index (χ4n) is 7.84. The molecule has 0 atom stereocenters. The lowest BCUT2D eigenvalue weighted by Crippen LogP contribution is -2.24. The molecule has 0 fully saturated rings. The molecule has 0 spiro atoms. The summed E-state index contributed by atoms with van der Waals surface area (Å²) in [5, 5.41) is -1.93. The Morgan fingerprint density at radius 3 is 0.781 bits per heavy atom. The molecule has 0 saturated heterocycles. The second kappa shape index (κ2) is 18.2. The Morgan fingerprint density at radius 2 is 0.534 bits per heavy atom. The summed E-state index contributed by atoms with van der Waals surface area (Å²) in [4.78, 5) is 15.1. The molecular weight excluding hydrogens is 1030 g/mol. The first kappa shape index (κ1) is 49.3. The number of H-pyrrole nitrogens is 3. The molecule has 3 N–H and O–H groups in total. The van der Waals surface area contributed by atoms with E-state index in [0.29, 0.717) is 36.4 Å². The van der Waals surface area contributed by atoms with Crippen LogP contribution in [0.25, 0.3) is 22.3 Å². The first-order chi connectivity index (χ1) is 34.6. The summed E-state index contributed by atoms with van der Waals surface area (Å²) in [6, 6.07) is 5.62. The molecule has 0 unspecified atom stereocenters. The first-order valence-electron chi connectivity index (χ1n) is 19.9. The molecule has 7 aromatic rings. The van der Waals surface area contributed by atoms with Crippen molar-refractivity contribution in [3.05, 3.63) is 245 Å². The number of benzene rings is 4. The van der Waals surface area contributed by atoms with Gasteiger partial charge in [0, 0.05) is 56.8 Å². The maximum absolute atomic E-state index is 15.9. The van der Waals surface area contributed by atoms with Crippen molar-refractivity contribution in [2.75, 3.05) is 0 Å². The number of aromatic nitrogens is 3. The van der Waals surface area contributed by atoms with Crippen LogP contribution >= 0.6 is 0 Å². The topological polar surface area (TPSA) is 72.1 Å². The van der Waals surface area contributed by atoms with Crippen LogP contribution in [-0.2, 0) is 0 Å². The molecule has 5 nitrogen and oxygen atoms in total.